The van der Waals surface area contributed by atoms with E-state index < -0.39 is 0 Å². The summed E-state index contributed by atoms with van der Waals surface area (Å²) in [4.78, 5) is 15.0. The highest BCUT2D eigenvalue weighted by molar-refractivity contribution is 5.85. The van der Waals surface area contributed by atoms with Crippen LogP contribution in [0.25, 0.3) is 0 Å². The molecule has 122 valence electrons. The first kappa shape index (κ1) is 17.3. The fraction of sp³-hybridized carbons (Fsp3) is 0.611. The molecule has 1 N–H and O–H groups in total. The lowest BCUT2D eigenvalue weighted by molar-refractivity contribution is -0.141. The predicted molar refractivity (Wildman–Crippen MR) is 92.3 cm³/mol. The van der Waals surface area contributed by atoms with Crippen molar-refractivity contribution >= 4 is 18.3 Å². The highest BCUT2D eigenvalue weighted by atomic mass is 35.5. The average molecular weight is 323 g/mol. The maximum absolute atomic E-state index is 12.9. The molecule has 0 aromatic heterocycles. The van der Waals surface area contributed by atoms with Gasteiger partial charge < -0.3 is 10.2 Å². The van der Waals surface area contributed by atoms with E-state index in [0.717, 1.165) is 32.5 Å². The van der Waals surface area contributed by atoms with Crippen molar-refractivity contribution in [3.63, 3.8) is 0 Å². The second-order valence-corrected chi connectivity index (χ2v) is 6.66. The SMILES string of the molecule is Cc1ccc(C2CCCCN2C(=O)C(C)C2CNC2)cc1.Cl. The Morgan fingerprint density at radius 1 is 1.23 bits per heavy atom. The van der Waals surface area contributed by atoms with Gasteiger partial charge in [-0.2, -0.15) is 0 Å². The Bertz CT molecular complexity index is 498. The summed E-state index contributed by atoms with van der Waals surface area (Å²) in [6.07, 6.45) is 3.47. The van der Waals surface area contributed by atoms with Gasteiger partial charge in [-0.25, -0.2) is 0 Å². The molecular formula is C18H27ClN2O. The molecule has 2 unspecified atom stereocenters. The van der Waals surface area contributed by atoms with Crippen molar-refractivity contribution in [2.45, 2.75) is 39.2 Å². The Kier molecular flexibility index (Phi) is 5.87. The number of piperidine rings is 1. The van der Waals surface area contributed by atoms with E-state index in [9.17, 15) is 4.79 Å². The van der Waals surface area contributed by atoms with Crippen molar-refractivity contribution < 1.29 is 4.79 Å². The molecule has 1 aromatic rings. The van der Waals surface area contributed by atoms with Crippen LogP contribution in [0.1, 0.15) is 43.4 Å². The number of aryl methyl sites for hydroxylation is 1. The lowest BCUT2D eigenvalue weighted by Gasteiger charge is -2.41. The van der Waals surface area contributed by atoms with Crippen molar-refractivity contribution in [2.75, 3.05) is 19.6 Å². The molecular weight excluding hydrogens is 296 g/mol. The summed E-state index contributed by atoms with van der Waals surface area (Å²) in [7, 11) is 0. The van der Waals surface area contributed by atoms with Crippen LogP contribution < -0.4 is 5.32 Å². The van der Waals surface area contributed by atoms with Crippen LogP contribution in [0.5, 0.6) is 0 Å². The summed E-state index contributed by atoms with van der Waals surface area (Å²) in [5.41, 5.74) is 2.58. The minimum absolute atomic E-state index is 0. The molecule has 0 bridgehead atoms. The van der Waals surface area contributed by atoms with Gasteiger partial charge in [0, 0.05) is 12.5 Å². The quantitative estimate of drug-likeness (QED) is 0.925. The number of halogens is 1. The summed E-state index contributed by atoms with van der Waals surface area (Å²) < 4.78 is 0. The monoisotopic (exact) mass is 322 g/mol. The normalized spacial score (nSPS) is 23.4. The van der Waals surface area contributed by atoms with E-state index >= 15 is 0 Å². The van der Waals surface area contributed by atoms with E-state index in [1.54, 1.807) is 0 Å². The van der Waals surface area contributed by atoms with Gasteiger partial charge in [0.15, 0.2) is 0 Å². The Morgan fingerprint density at radius 3 is 2.50 bits per heavy atom. The number of benzene rings is 1. The van der Waals surface area contributed by atoms with E-state index in [1.807, 2.05) is 0 Å². The van der Waals surface area contributed by atoms with Crippen molar-refractivity contribution in [1.29, 1.82) is 0 Å². The van der Waals surface area contributed by atoms with Crippen molar-refractivity contribution in [1.82, 2.24) is 10.2 Å². The third-order valence-corrected chi connectivity index (χ3v) is 5.16. The highest BCUT2D eigenvalue weighted by Crippen LogP contribution is 2.33. The molecule has 2 heterocycles. The number of carbonyl (C=O) groups excluding carboxylic acids is 1. The first-order valence-electron chi connectivity index (χ1n) is 8.24. The molecule has 1 amide bonds. The largest absolute Gasteiger partial charge is 0.335 e. The van der Waals surface area contributed by atoms with Crippen LogP contribution in [0, 0.1) is 18.8 Å². The molecule has 3 rings (SSSR count). The molecule has 3 nitrogen and oxygen atoms in total. The number of hydrogen-bond donors (Lipinski definition) is 1. The molecule has 2 aliphatic heterocycles. The minimum Gasteiger partial charge on any atom is -0.335 e. The first-order chi connectivity index (χ1) is 10.2. The molecule has 4 heteroatoms. The molecule has 0 radical (unpaired) electrons. The molecule has 2 atom stereocenters. The molecule has 22 heavy (non-hydrogen) atoms. The van der Waals surface area contributed by atoms with Gasteiger partial charge >= 0.3 is 0 Å². The highest BCUT2D eigenvalue weighted by Gasteiger charge is 2.35. The molecule has 0 spiro atoms. The molecule has 2 aliphatic rings. The van der Waals surface area contributed by atoms with Crippen LogP contribution in [0.3, 0.4) is 0 Å². The number of nitrogens with one attached hydrogen (secondary N) is 1. The maximum Gasteiger partial charge on any atom is 0.226 e. The Morgan fingerprint density at radius 2 is 1.91 bits per heavy atom. The third kappa shape index (κ3) is 3.47. The van der Waals surface area contributed by atoms with Gasteiger partial charge in [-0.1, -0.05) is 36.8 Å². The molecule has 2 saturated heterocycles. The second kappa shape index (κ2) is 7.47. The van der Waals surface area contributed by atoms with Crippen LogP contribution in [0.4, 0.5) is 0 Å². The van der Waals surface area contributed by atoms with Crippen LogP contribution >= 0.6 is 12.4 Å². The van der Waals surface area contributed by atoms with Gasteiger partial charge in [0.05, 0.1) is 6.04 Å². The molecule has 1 aromatic carbocycles. The molecule has 0 saturated carbocycles. The Hall–Kier alpha value is -1.06. The van der Waals surface area contributed by atoms with E-state index in [1.165, 1.54) is 17.5 Å². The fourth-order valence-corrected chi connectivity index (χ4v) is 3.46. The number of amides is 1. The number of carbonyl (C=O) groups is 1. The maximum atomic E-state index is 12.9. The molecule has 2 fully saturated rings. The average Bonchev–Trinajstić information content (AvgIpc) is 2.45. The topological polar surface area (TPSA) is 32.3 Å². The summed E-state index contributed by atoms with van der Waals surface area (Å²) >= 11 is 0. The minimum atomic E-state index is 0. The smallest absolute Gasteiger partial charge is 0.226 e. The van der Waals surface area contributed by atoms with Crippen LogP contribution in [0.2, 0.25) is 0 Å². The molecule has 0 aliphatic carbocycles. The first-order valence-corrected chi connectivity index (χ1v) is 8.24. The number of likely N-dealkylation sites (tertiary alicyclic amines) is 1. The number of hydrogen-bond acceptors (Lipinski definition) is 2. The zero-order valence-corrected chi connectivity index (χ0v) is 14.4. The zero-order chi connectivity index (χ0) is 14.8. The van der Waals surface area contributed by atoms with E-state index in [0.29, 0.717) is 11.8 Å². The summed E-state index contributed by atoms with van der Waals surface area (Å²) in [6, 6.07) is 8.99. The van der Waals surface area contributed by atoms with E-state index in [-0.39, 0.29) is 24.4 Å². The predicted octanol–water partition coefficient (Wildman–Crippen LogP) is 3.33. The zero-order valence-electron chi connectivity index (χ0n) is 13.5. The number of nitrogens with zero attached hydrogens (tertiary/aromatic N) is 1. The Balaban J connectivity index is 0.00000176. The van der Waals surface area contributed by atoms with Gasteiger partial charge in [0.25, 0.3) is 0 Å². The third-order valence-electron chi connectivity index (χ3n) is 5.16. The van der Waals surface area contributed by atoms with Crippen molar-refractivity contribution in [3.8, 4) is 0 Å². The fourth-order valence-electron chi connectivity index (χ4n) is 3.46. The van der Waals surface area contributed by atoms with Gasteiger partial charge in [0.1, 0.15) is 0 Å². The van der Waals surface area contributed by atoms with Crippen molar-refractivity contribution in [3.05, 3.63) is 35.4 Å². The summed E-state index contributed by atoms with van der Waals surface area (Å²) in [5, 5.41) is 3.28. The van der Waals surface area contributed by atoms with Crippen LogP contribution in [-0.4, -0.2) is 30.4 Å². The van der Waals surface area contributed by atoms with Crippen LogP contribution in [-0.2, 0) is 4.79 Å². The van der Waals surface area contributed by atoms with Gasteiger partial charge in [-0.15, -0.1) is 12.4 Å². The van der Waals surface area contributed by atoms with Crippen molar-refractivity contribution in [2.24, 2.45) is 11.8 Å². The van der Waals surface area contributed by atoms with Crippen LogP contribution in [0.15, 0.2) is 24.3 Å². The van der Waals surface area contributed by atoms with Gasteiger partial charge in [-0.05, 0) is 50.8 Å². The Labute approximate surface area is 139 Å². The standard InChI is InChI=1S/C18H26N2O.ClH/c1-13-6-8-15(9-7-13)17-5-3-4-10-20(17)18(21)14(2)16-11-19-12-16;/h6-9,14,16-17,19H,3-5,10-12H2,1-2H3;1H. The lowest BCUT2D eigenvalue weighted by Crippen LogP contribution is -2.51. The van der Waals surface area contributed by atoms with E-state index in [4.69, 9.17) is 0 Å². The van der Waals surface area contributed by atoms with E-state index in [2.05, 4.69) is 48.3 Å². The summed E-state index contributed by atoms with van der Waals surface area (Å²) in [5.74, 6) is 1.03. The lowest BCUT2D eigenvalue weighted by atomic mass is 9.86. The van der Waals surface area contributed by atoms with Gasteiger partial charge in [-0.3, -0.25) is 4.79 Å². The number of rotatable bonds is 3. The summed E-state index contributed by atoms with van der Waals surface area (Å²) in [6.45, 7) is 7.13. The van der Waals surface area contributed by atoms with Gasteiger partial charge in [0.2, 0.25) is 5.91 Å². The second-order valence-electron chi connectivity index (χ2n) is 6.66.